The molecule has 0 aliphatic heterocycles. The second kappa shape index (κ2) is 7.09. The summed E-state index contributed by atoms with van der Waals surface area (Å²) >= 11 is 0. The summed E-state index contributed by atoms with van der Waals surface area (Å²) < 4.78 is 37.0. The van der Waals surface area contributed by atoms with Crippen molar-refractivity contribution in [3.05, 3.63) is 0 Å². The summed E-state index contributed by atoms with van der Waals surface area (Å²) in [6, 6.07) is -0.417. The average Bonchev–Trinajstić information content (AvgIpc) is 2.13. The molecule has 0 aliphatic rings. The Morgan fingerprint density at radius 3 is 1.93 bits per heavy atom. The fourth-order valence-electron chi connectivity index (χ4n) is 1.84. The highest BCUT2D eigenvalue weighted by atomic mass is 19.4. The van der Waals surface area contributed by atoms with Gasteiger partial charge in [0.1, 0.15) is 0 Å². The lowest BCUT2D eigenvalue weighted by molar-refractivity contribution is -0.143. The minimum absolute atomic E-state index is 0.123. The lowest BCUT2D eigenvalue weighted by atomic mass is 9.91. The van der Waals surface area contributed by atoms with Gasteiger partial charge in [0.05, 0.1) is 6.42 Å². The molecule has 0 fully saturated rings. The van der Waals surface area contributed by atoms with Crippen LogP contribution in [0.3, 0.4) is 0 Å². The van der Waals surface area contributed by atoms with E-state index in [0.717, 1.165) is 19.3 Å². The highest BCUT2D eigenvalue weighted by molar-refractivity contribution is 4.77. The Morgan fingerprint density at radius 2 is 1.60 bits per heavy atom. The van der Waals surface area contributed by atoms with E-state index in [-0.39, 0.29) is 5.92 Å². The van der Waals surface area contributed by atoms with Gasteiger partial charge in [-0.2, -0.15) is 13.2 Å². The summed E-state index contributed by atoms with van der Waals surface area (Å²) in [5.41, 5.74) is 0. The maximum Gasteiger partial charge on any atom is 0.390 e. The quantitative estimate of drug-likeness (QED) is 0.696. The first-order chi connectivity index (χ1) is 6.94. The average molecular weight is 225 g/mol. The number of rotatable bonds is 7. The molecule has 4 heteroatoms. The third-order valence-electron chi connectivity index (χ3n) is 2.73. The summed E-state index contributed by atoms with van der Waals surface area (Å²) in [5, 5.41) is 3.01. The van der Waals surface area contributed by atoms with Crippen molar-refractivity contribution in [2.24, 2.45) is 5.92 Å². The van der Waals surface area contributed by atoms with Crippen molar-refractivity contribution in [2.45, 2.75) is 58.7 Å². The Balaban J connectivity index is 4.28. The zero-order valence-electron chi connectivity index (χ0n) is 9.82. The first-order valence-corrected chi connectivity index (χ1v) is 5.74. The number of hydrogen-bond donors (Lipinski definition) is 1. The van der Waals surface area contributed by atoms with Crippen LogP contribution in [0.1, 0.15) is 46.5 Å². The maximum atomic E-state index is 12.3. The highest BCUT2D eigenvalue weighted by Crippen LogP contribution is 2.27. The summed E-state index contributed by atoms with van der Waals surface area (Å²) in [7, 11) is 0. The van der Waals surface area contributed by atoms with Crippen molar-refractivity contribution in [3.8, 4) is 0 Å². The zero-order chi connectivity index (χ0) is 11.9. The molecule has 0 bridgehead atoms. The minimum Gasteiger partial charge on any atom is -0.313 e. The molecule has 1 N–H and O–H groups in total. The van der Waals surface area contributed by atoms with Crippen molar-refractivity contribution in [2.75, 3.05) is 6.54 Å². The first-order valence-electron chi connectivity index (χ1n) is 5.74. The molecule has 1 nitrogen and oxygen atoms in total. The van der Waals surface area contributed by atoms with Gasteiger partial charge in [-0.1, -0.05) is 33.6 Å². The van der Waals surface area contributed by atoms with Crippen LogP contribution < -0.4 is 5.32 Å². The number of hydrogen-bond acceptors (Lipinski definition) is 1. The standard InChI is InChI=1S/C11H22F3N/c1-4-7-15-10(8-11(12,13)14)9(5-2)6-3/h9-10,15H,4-8H2,1-3H3. The molecule has 0 aromatic carbocycles. The van der Waals surface area contributed by atoms with Gasteiger partial charge < -0.3 is 5.32 Å². The van der Waals surface area contributed by atoms with E-state index in [2.05, 4.69) is 5.32 Å². The number of alkyl halides is 3. The van der Waals surface area contributed by atoms with Crippen LogP contribution >= 0.6 is 0 Å². The molecule has 0 amide bonds. The number of halogens is 3. The molecule has 92 valence electrons. The van der Waals surface area contributed by atoms with E-state index in [9.17, 15) is 13.2 Å². The van der Waals surface area contributed by atoms with Gasteiger partial charge in [-0.25, -0.2) is 0 Å². The van der Waals surface area contributed by atoms with Crippen molar-refractivity contribution < 1.29 is 13.2 Å². The van der Waals surface area contributed by atoms with Gasteiger partial charge in [0.25, 0.3) is 0 Å². The maximum absolute atomic E-state index is 12.3. The van der Waals surface area contributed by atoms with E-state index >= 15 is 0 Å². The Kier molecular flexibility index (Phi) is 6.98. The van der Waals surface area contributed by atoms with Gasteiger partial charge in [0.2, 0.25) is 0 Å². The van der Waals surface area contributed by atoms with Gasteiger partial charge in [0.15, 0.2) is 0 Å². The molecule has 0 aromatic heterocycles. The van der Waals surface area contributed by atoms with E-state index < -0.39 is 18.6 Å². The Labute approximate surface area is 90.4 Å². The van der Waals surface area contributed by atoms with Crippen molar-refractivity contribution in [1.29, 1.82) is 0 Å². The number of nitrogens with one attached hydrogen (secondary N) is 1. The van der Waals surface area contributed by atoms with E-state index in [4.69, 9.17) is 0 Å². The molecule has 0 saturated heterocycles. The van der Waals surface area contributed by atoms with Crippen molar-refractivity contribution in [3.63, 3.8) is 0 Å². The van der Waals surface area contributed by atoms with Gasteiger partial charge in [-0.05, 0) is 18.9 Å². The van der Waals surface area contributed by atoms with Gasteiger partial charge in [0, 0.05) is 6.04 Å². The summed E-state index contributed by atoms with van der Waals surface area (Å²) in [5.74, 6) is 0.123. The molecular weight excluding hydrogens is 203 g/mol. The smallest absolute Gasteiger partial charge is 0.313 e. The molecule has 15 heavy (non-hydrogen) atoms. The molecule has 0 aromatic rings. The third kappa shape index (κ3) is 6.77. The van der Waals surface area contributed by atoms with Gasteiger partial charge in [-0.15, -0.1) is 0 Å². The Morgan fingerprint density at radius 1 is 1.07 bits per heavy atom. The zero-order valence-corrected chi connectivity index (χ0v) is 9.82. The van der Waals surface area contributed by atoms with Gasteiger partial charge >= 0.3 is 6.18 Å². The molecule has 0 heterocycles. The molecule has 0 radical (unpaired) electrons. The Bertz CT molecular complexity index is 152. The van der Waals surface area contributed by atoms with Crippen LogP contribution in [-0.4, -0.2) is 18.8 Å². The highest BCUT2D eigenvalue weighted by Gasteiger charge is 2.34. The molecule has 0 spiro atoms. The minimum atomic E-state index is -4.06. The normalized spacial score (nSPS) is 14.6. The van der Waals surface area contributed by atoms with Crippen LogP contribution in [0.2, 0.25) is 0 Å². The molecule has 1 atom stereocenters. The first kappa shape index (κ1) is 14.8. The fourth-order valence-corrected chi connectivity index (χ4v) is 1.84. The van der Waals surface area contributed by atoms with Crippen LogP contribution in [0.5, 0.6) is 0 Å². The van der Waals surface area contributed by atoms with E-state index in [1.165, 1.54) is 0 Å². The molecule has 0 saturated carbocycles. The van der Waals surface area contributed by atoms with Crippen LogP contribution in [0.15, 0.2) is 0 Å². The fraction of sp³-hybridized carbons (Fsp3) is 1.00. The van der Waals surface area contributed by atoms with E-state index in [1.54, 1.807) is 0 Å². The lowest BCUT2D eigenvalue weighted by Gasteiger charge is -2.27. The lowest BCUT2D eigenvalue weighted by Crippen LogP contribution is -2.39. The monoisotopic (exact) mass is 225 g/mol. The summed E-state index contributed by atoms with van der Waals surface area (Å²) in [6.45, 7) is 6.53. The summed E-state index contributed by atoms with van der Waals surface area (Å²) in [4.78, 5) is 0. The predicted molar refractivity (Wildman–Crippen MR) is 56.8 cm³/mol. The van der Waals surface area contributed by atoms with Gasteiger partial charge in [-0.3, -0.25) is 0 Å². The van der Waals surface area contributed by atoms with Crippen LogP contribution in [0.25, 0.3) is 0 Å². The van der Waals surface area contributed by atoms with E-state index in [1.807, 2.05) is 20.8 Å². The van der Waals surface area contributed by atoms with E-state index in [0.29, 0.717) is 6.54 Å². The summed E-state index contributed by atoms with van der Waals surface area (Å²) in [6.07, 6.45) is -2.30. The van der Waals surface area contributed by atoms with Crippen LogP contribution in [0.4, 0.5) is 13.2 Å². The van der Waals surface area contributed by atoms with Crippen LogP contribution in [-0.2, 0) is 0 Å². The topological polar surface area (TPSA) is 12.0 Å². The molecule has 0 rings (SSSR count). The largest absolute Gasteiger partial charge is 0.390 e. The second-order valence-electron chi connectivity index (χ2n) is 3.96. The predicted octanol–water partition coefficient (Wildman–Crippen LogP) is 3.74. The third-order valence-corrected chi connectivity index (χ3v) is 2.73. The van der Waals surface area contributed by atoms with Crippen molar-refractivity contribution >= 4 is 0 Å². The van der Waals surface area contributed by atoms with Crippen molar-refractivity contribution in [1.82, 2.24) is 5.32 Å². The SMILES string of the molecule is CCCNC(CC(F)(F)F)C(CC)CC. The molecule has 1 unspecified atom stereocenters. The van der Waals surface area contributed by atoms with Crippen LogP contribution in [0, 0.1) is 5.92 Å². The molecular formula is C11H22F3N. The Hall–Kier alpha value is -0.250. The molecule has 0 aliphatic carbocycles. The second-order valence-corrected chi connectivity index (χ2v) is 3.96.